The molecule has 0 fully saturated rings. The van der Waals surface area contributed by atoms with E-state index in [0.29, 0.717) is 17.6 Å². The van der Waals surface area contributed by atoms with E-state index in [9.17, 15) is 0 Å². The van der Waals surface area contributed by atoms with Gasteiger partial charge in [-0.1, -0.05) is 18.2 Å². The zero-order chi connectivity index (χ0) is 8.69. The molecule has 0 saturated heterocycles. The van der Waals surface area contributed by atoms with Gasteiger partial charge in [-0.2, -0.15) is 0 Å². The molecule has 0 aliphatic carbocycles. The van der Waals surface area contributed by atoms with Gasteiger partial charge in [0.15, 0.2) is 0 Å². The average molecular weight is 178 g/mol. The van der Waals surface area contributed by atoms with E-state index in [0.717, 1.165) is 13.0 Å². The maximum Gasteiger partial charge on any atom is 0.0476 e. The van der Waals surface area contributed by atoms with Crippen LogP contribution in [0.15, 0.2) is 11.6 Å². The second-order valence-corrected chi connectivity index (χ2v) is 3.12. The van der Waals surface area contributed by atoms with Crippen LogP contribution in [0.4, 0.5) is 0 Å². The zero-order valence-electron chi connectivity index (χ0n) is 7.19. The lowest BCUT2D eigenvalue weighted by Gasteiger charge is -2.11. The van der Waals surface area contributed by atoms with Crippen molar-refractivity contribution >= 4 is 11.6 Å². The molecule has 3 heteroatoms. The van der Waals surface area contributed by atoms with Gasteiger partial charge in [0.05, 0.1) is 0 Å². The summed E-state index contributed by atoms with van der Waals surface area (Å²) in [5.74, 6) is 0. The van der Waals surface area contributed by atoms with Gasteiger partial charge >= 0.3 is 0 Å². The van der Waals surface area contributed by atoms with E-state index >= 15 is 0 Å². The third kappa shape index (κ3) is 7.85. The molecule has 11 heavy (non-hydrogen) atoms. The van der Waals surface area contributed by atoms with Gasteiger partial charge in [-0.15, -0.1) is 0 Å². The molecule has 0 spiro atoms. The fourth-order valence-electron chi connectivity index (χ4n) is 0.682. The van der Waals surface area contributed by atoms with E-state index in [1.165, 1.54) is 0 Å². The van der Waals surface area contributed by atoms with Crippen molar-refractivity contribution < 1.29 is 4.74 Å². The maximum atomic E-state index is 5.57. The smallest absolute Gasteiger partial charge is 0.0476 e. The van der Waals surface area contributed by atoms with Gasteiger partial charge in [0.2, 0.25) is 0 Å². The van der Waals surface area contributed by atoms with E-state index in [4.69, 9.17) is 16.3 Å². The monoisotopic (exact) mass is 177 g/mol. The van der Waals surface area contributed by atoms with Gasteiger partial charge in [-0.3, -0.25) is 0 Å². The number of halogens is 1. The first kappa shape index (κ1) is 11.0. The Hall–Kier alpha value is -0.0500. The van der Waals surface area contributed by atoms with Crippen LogP contribution in [0, 0.1) is 0 Å². The lowest BCUT2D eigenvalue weighted by molar-refractivity contribution is 0.185. The fraction of sp³-hybridized carbons (Fsp3) is 0.750. The summed E-state index contributed by atoms with van der Waals surface area (Å²) < 4.78 is 4.92. The highest BCUT2D eigenvalue weighted by Gasteiger charge is 1.99. The SMILES string of the molecule is C=C(Cl)CNC(C)CCOC. The molecule has 1 unspecified atom stereocenters. The Morgan fingerprint density at radius 1 is 1.73 bits per heavy atom. The minimum atomic E-state index is 0.436. The molecule has 66 valence electrons. The van der Waals surface area contributed by atoms with E-state index < -0.39 is 0 Å². The summed E-state index contributed by atoms with van der Waals surface area (Å²) in [6, 6.07) is 0.436. The van der Waals surface area contributed by atoms with Gasteiger partial charge in [0.25, 0.3) is 0 Å². The first-order chi connectivity index (χ1) is 5.16. The Labute approximate surface area is 73.6 Å². The second-order valence-electron chi connectivity index (χ2n) is 2.58. The summed E-state index contributed by atoms with van der Waals surface area (Å²) in [6.45, 7) is 7.13. The first-order valence-electron chi connectivity index (χ1n) is 3.72. The van der Waals surface area contributed by atoms with Crippen molar-refractivity contribution in [1.29, 1.82) is 0 Å². The molecule has 0 heterocycles. The third-order valence-electron chi connectivity index (χ3n) is 1.40. The molecule has 0 aliphatic rings. The molecular formula is C8H16ClNO. The third-order valence-corrected chi connectivity index (χ3v) is 1.53. The highest BCUT2D eigenvalue weighted by atomic mass is 35.5. The number of methoxy groups -OCH3 is 1. The quantitative estimate of drug-likeness (QED) is 0.668. The minimum Gasteiger partial charge on any atom is -0.385 e. The van der Waals surface area contributed by atoms with Crippen LogP contribution in [0.1, 0.15) is 13.3 Å². The number of hydrogen-bond acceptors (Lipinski definition) is 2. The van der Waals surface area contributed by atoms with E-state index in [-0.39, 0.29) is 0 Å². The van der Waals surface area contributed by atoms with Crippen molar-refractivity contribution in [3.8, 4) is 0 Å². The highest BCUT2D eigenvalue weighted by molar-refractivity contribution is 6.29. The molecule has 1 atom stereocenters. The van der Waals surface area contributed by atoms with Crippen LogP contribution in [0.5, 0.6) is 0 Å². The second kappa shape index (κ2) is 6.65. The van der Waals surface area contributed by atoms with Crippen LogP contribution in [0.2, 0.25) is 0 Å². The Kier molecular flexibility index (Phi) is 6.62. The maximum absolute atomic E-state index is 5.57. The minimum absolute atomic E-state index is 0.436. The van der Waals surface area contributed by atoms with Gasteiger partial charge in [-0.05, 0) is 13.3 Å². The Morgan fingerprint density at radius 3 is 2.82 bits per heavy atom. The Balaban J connectivity index is 3.22. The molecule has 0 bridgehead atoms. The van der Waals surface area contributed by atoms with Crippen molar-refractivity contribution in [3.05, 3.63) is 11.6 Å². The van der Waals surface area contributed by atoms with E-state index in [2.05, 4.69) is 18.8 Å². The summed E-state index contributed by atoms with van der Waals surface area (Å²) in [7, 11) is 1.70. The summed E-state index contributed by atoms with van der Waals surface area (Å²) in [4.78, 5) is 0. The van der Waals surface area contributed by atoms with Crippen molar-refractivity contribution in [1.82, 2.24) is 5.32 Å². The predicted octanol–water partition coefficient (Wildman–Crippen LogP) is 1.75. The lowest BCUT2D eigenvalue weighted by Crippen LogP contribution is -2.28. The molecule has 0 saturated carbocycles. The molecule has 2 nitrogen and oxygen atoms in total. The largest absolute Gasteiger partial charge is 0.385 e. The predicted molar refractivity (Wildman–Crippen MR) is 49.0 cm³/mol. The summed E-state index contributed by atoms with van der Waals surface area (Å²) in [5.41, 5.74) is 0. The van der Waals surface area contributed by atoms with Gasteiger partial charge in [-0.25, -0.2) is 0 Å². The summed E-state index contributed by atoms with van der Waals surface area (Å²) in [6.07, 6.45) is 1.00. The van der Waals surface area contributed by atoms with E-state index in [1.807, 2.05) is 0 Å². The van der Waals surface area contributed by atoms with Gasteiger partial charge in [0, 0.05) is 31.3 Å². The van der Waals surface area contributed by atoms with Gasteiger partial charge < -0.3 is 10.1 Å². The van der Waals surface area contributed by atoms with Crippen molar-refractivity contribution in [2.45, 2.75) is 19.4 Å². The standard InChI is InChI=1S/C8H16ClNO/c1-7(9)6-10-8(2)4-5-11-3/h8,10H,1,4-6H2,2-3H3. The molecule has 0 aromatic heterocycles. The molecule has 0 amide bonds. The highest BCUT2D eigenvalue weighted by Crippen LogP contribution is 1.96. The Morgan fingerprint density at radius 2 is 2.36 bits per heavy atom. The van der Waals surface area contributed by atoms with Crippen LogP contribution in [-0.4, -0.2) is 26.3 Å². The summed E-state index contributed by atoms with van der Waals surface area (Å²) in [5, 5.41) is 3.85. The molecule has 1 N–H and O–H groups in total. The molecule has 0 radical (unpaired) electrons. The number of rotatable bonds is 6. The zero-order valence-corrected chi connectivity index (χ0v) is 7.95. The van der Waals surface area contributed by atoms with Crippen molar-refractivity contribution in [2.75, 3.05) is 20.3 Å². The van der Waals surface area contributed by atoms with Crippen LogP contribution < -0.4 is 5.32 Å². The number of hydrogen-bond donors (Lipinski definition) is 1. The number of nitrogens with one attached hydrogen (secondary N) is 1. The van der Waals surface area contributed by atoms with Crippen molar-refractivity contribution in [2.24, 2.45) is 0 Å². The molecule has 0 rings (SSSR count). The fourth-order valence-corrected chi connectivity index (χ4v) is 0.759. The average Bonchev–Trinajstić information content (AvgIpc) is 1.97. The topological polar surface area (TPSA) is 21.3 Å². The first-order valence-corrected chi connectivity index (χ1v) is 4.10. The van der Waals surface area contributed by atoms with Crippen LogP contribution in [0.3, 0.4) is 0 Å². The number of ether oxygens (including phenoxy) is 1. The van der Waals surface area contributed by atoms with E-state index in [1.54, 1.807) is 7.11 Å². The molecule has 0 aromatic rings. The van der Waals surface area contributed by atoms with Crippen LogP contribution >= 0.6 is 11.6 Å². The van der Waals surface area contributed by atoms with Gasteiger partial charge in [0.1, 0.15) is 0 Å². The summed E-state index contributed by atoms with van der Waals surface area (Å²) >= 11 is 5.57. The molecular weight excluding hydrogens is 162 g/mol. The lowest BCUT2D eigenvalue weighted by atomic mass is 10.2. The van der Waals surface area contributed by atoms with Crippen LogP contribution in [0.25, 0.3) is 0 Å². The molecule has 0 aliphatic heterocycles. The normalized spacial score (nSPS) is 13.0. The Bertz CT molecular complexity index is 117. The molecule has 0 aromatic carbocycles. The van der Waals surface area contributed by atoms with Crippen LogP contribution in [-0.2, 0) is 4.74 Å². The van der Waals surface area contributed by atoms with Crippen molar-refractivity contribution in [3.63, 3.8) is 0 Å².